The Morgan fingerprint density at radius 1 is 1.47 bits per heavy atom. The van der Waals surface area contributed by atoms with Crippen molar-refractivity contribution >= 4 is 17.5 Å². The van der Waals surface area contributed by atoms with Crippen molar-refractivity contribution in [2.45, 2.75) is 24.6 Å². The van der Waals surface area contributed by atoms with Crippen LogP contribution in [0, 0.1) is 5.92 Å². The predicted molar refractivity (Wildman–Crippen MR) is 66.4 cm³/mol. The lowest BCUT2D eigenvalue weighted by Crippen LogP contribution is -2.29. The van der Waals surface area contributed by atoms with Crippen molar-refractivity contribution in [2.75, 3.05) is 6.54 Å². The molecule has 2 atom stereocenters. The zero-order valence-electron chi connectivity index (χ0n) is 9.41. The van der Waals surface area contributed by atoms with Crippen LogP contribution in [0.2, 0.25) is 0 Å². The number of carbonyl (C=O) groups excluding carboxylic acids is 1. The first-order valence-electron chi connectivity index (χ1n) is 5.76. The number of carbonyl (C=O) groups is 1. The van der Waals surface area contributed by atoms with E-state index < -0.39 is 0 Å². The predicted octanol–water partition coefficient (Wildman–Crippen LogP) is 1.51. The summed E-state index contributed by atoms with van der Waals surface area (Å²) in [5.74, 6) is 0.323. The van der Waals surface area contributed by atoms with Gasteiger partial charge >= 0.3 is 0 Å². The highest BCUT2D eigenvalue weighted by Gasteiger charge is 2.23. The van der Waals surface area contributed by atoms with E-state index in [-0.39, 0.29) is 16.8 Å². The second-order valence-corrected chi connectivity index (χ2v) is 5.05. The van der Waals surface area contributed by atoms with E-state index in [1.807, 2.05) is 0 Å². The monoisotopic (exact) mass is 254 g/mol. The van der Waals surface area contributed by atoms with E-state index in [4.69, 9.17) is 11.6 Å². The molecule has 1 aliphatic carbocycles. The van der Waals surface area contributed by atoms with E-state index in [1.165, 1.54) is 18.3 Å². The number of rotatable bonds is 3. The average Bonchev–Trinajstić information content (AvgIpc) is 2.73. The standard InChI is InChI=1S/C12H15ClN2O2/c13-10-3-1-8(5-10)6-15-12(17)9-2-4-11(16)14-7-9/h2,4,7-8,10H,1,3,5-6H2,(H,14,16)(H,15,17). The normalized spacial score (nSPS) is 23.6. The summed E-state index contributed by atoms with van der Waals surface area (Å²) in [6.07, 6.45) is 4.49. The van der Waals surface area contributed by atoms with Gasteiger partial charge in [0.15, 0.2) is 0 Å². The van der Waals surface area contributed by atoms with E-state index in [2.05, 4.69) is 10.3 Å². The Balaban J connectivity index is 1.85. The van der Waals surface area contributed by atoms with E-state index in [9.17, 15) is 9.59 Å². The second kappa shape index (κ2) is 5.36. The van der Waals surface area contributed by atoms with Crippen molar-refractivity contribution in [3.05, 3.63) is 34.2 Å². The van der Waals surface area contributed by atoms with Crippen LogP contribution in [0.4, 0.5) is 0 Å². The fourth-order valence-electron chi connectivity index (χ4n) is 2.09. The first kappa shape index (κ1) is 12.2. The first-order chi connectivity index (χ1) is 8.15. The maximum absolute atomic E-state index is 11.7. The van der Waals surface area contributed by atoms with Gasteiger partial charge in [-0.1, -0.05) is 0 Å². The van der Waals surface area contributed by atoms with Gasteiger partial charge in [-0.3, -0.25) is 9.59 Å². The van der Waals surface area contributed by atoms with E-state index in [0.717, 1.165) is 19.3 Å². The molecule has 1 heterocycles. The minimum Gasteiger partial charge on any atom is -0.352 e. The van der Waals surface area contributed by atoms with Crippen molar-refractivity contribution in [3.8, 4) is 0 Å². The smallest absolute Gasteiger partial charge is 0.252 e. The molecular weight excluding hydrogens is 240 g/mol. The van der Waals surface area contributed by atoms with Gasteiger partial charge in [-0.2, -0.15) is 0 Å². The summed E-state index contributed by atoms with van der Waals surface area (Å²) >= 11 is 6.00. The topological polar surface area (TPSA) is 62.0 Å². The Labute approximate surface area is 104 Å². The number of aromatic nitrogens is 1. The summed E-state index contributed by atoms with van der Waals surface area (Å²) in [6.45, 7) is 0.654. The van der Waals surface area contributed by atoms with E-state index >= 15 is 0 Å². The molecule has 1 saturated carbocycles. The first-order valence-corrected chi connectivity index (χ1v) is 6.20. The Kier molecular flexibility index (Phi) is 3.84. The summed E-state index contributed by atoms with van der Waals surface area (Å²) in [6, 6.07) is 2.87. The van der Waals surface area contributed by atoms with Crippen LogP contribution in [0.1, 0.15) is 29.6 Å². The number of hydrogen-bond acceptors (Lipinski definition) is 2. The fourth-order valence-corrected chi connectivity index (χ4v) is 2.47. The Morgan fingerprint density at radius 3 is 2.88 bits per heavy atom. The summed E-state index contributed by atoms with van der Waals surface area (Å²) in [4.78, 5) is 25.1. The van der Waals surface area contributed by atoms with Crippen LogP contribution in [-0.2, 0) is 0 Å². The molecule has 1 aliphatic rings. The number of hydrogen-bond donors (Lipinski definition) is 2. The Hall–Kier alpha value is -1.29. The van der Waals surface area contributed by atoms with Crippen molar-refractivity contribution < 1.29 is 4.79 Å². The molecule has 2 unspecified atom stereocenters. The van der Waals surface area contributed by atoms with Gasteiger partial charge in [-0.25, -0.2) is 0 Å². The number of amides is 1. The van der Waals surface area contributed by atoms with Crippen LogP contribution in [0.3, 0.4) is 0 Å². The number of H-pyrrole nitrogens is 1. The van der Waals surface area contributed by atoms with Crippen LogP contribution in [0.25, 0.3) is 0 Å². The lowest BCUT2D eigenvalue weighted by atomic mass is 10.1. The molecule has 17 heavy (non-hydrogen) atoms. The molecule has 0 bridgehead atoms. The van der Waals surface area contributed by atoms with E-state index in [0.29, 0.717) is 18.0 Å². The zero-order valence-corrected chi connectivity index (χ0v) is 10.2. The van der Waals surface area contributed by atoms with Crippen LogP contribution in [-0.4, -0.2) is 22.8 Å². The molecule has 0 spiro atoms. The van der Waals surface area contributed by atoms with Gasteiger partial charge in [-0.15, -0.1) is 11.6 Å². The van der Waals surface area contributed by atoms with Crippen LogP contribution >= 0.6 is 11.6 Å². The maximum atomic E-state index is 11.7. The molecule has 5 heteroatoms. The summed E-state index contributed by atoms with van der Waals surface area (Å²) in [5.41, 5.74) is 0.271. The molecular formula is C12H15ClN2O2. The van der Waals surface area contributed by atoms with Crippen molar-refractivity contribution in [2.24, 2.45) is 5.92 Å². The highest BCUT2D eigenvalue weighted by molar-refractivity contribution is 6.20. The molecule has 1 aromatic heterocycles. The minimum atomic E-state index is -0.206. The number of alkyl halides is 1. The lowest BCUT2D eigenvalue weighted by Gasteiger charge is -2.10. The molecule has 4 nitrogen and oxygen atoms in total. The van der Waals surface area contributed by atoms with Gasteiger partial charge in [0, 0.05) is 24.2 Å². The van der Waals surface area contributed by atoms with Gasteiger partial charge in [0.2, 0.25) is 5.56 Å². The van der Waals surface area contributed by atoms with Crippen molar-refractivity contribution in [1.82, 2.24) is 10.3 Å². The second-order valence-electron chi connectivity index (χ2n) is 4.43. The third-order valence-corrected chi connectivity index (χ3v) is 3.47. The van der Waals surface area contributed by atoms with Crippen molar-refractivity contribution in [1.29, 1.82) is 0 Å². The maximum Gasteiger partial charge on any atom is 0.252 e. The third kappa shape index (κ3) is 3.33. The molecule has 2 N–H and O–H groups in total. The quantitative estimate of drug-likeness (QED) is 0.804. The molecule has 1 fully saturated rings. The summed E-state index contributed by atoms with van der Waals surface area (Å²) in [5, 5.41) is 3.12. The Bertz CT molecular complexity index is 438. The minimum absolute atomic E-state index is 0.153. The lowest BCUT2D eigenvalue weighted by molar-refractivity contribution is 0.0947. The van der Waals surface area contributed by atoms with Crippen LogP contribution < -0.4 is 10.9 Å². The van der Waals surface area contributed by atoms with E-state index in [1.54, 1.807) is 0 Å². The highest BCUT2D eigenvalue weighted by Crippen LogP contribution is 2.28. The zero-order chi connectivity index (χ0) is 12.3. The largest absolute Gasteiger partial charge is 0.352 e. The Morgan fingerprint density at radius 2 is 2.29 bits per heavy atom. The van der Waals surface area contributed by atoms with Crippen LogP contribution in [0.5, 0.6) is 0 Å². The number of halogens is 1. The molecule has 92 valence electrons. The molecule has 1 amide bonds. The number of pyridine rings is 1. The van der Waals surface area contributed by atoms with Gasteiger partial charge in [0.05, 0.1) is 5.56 Å². The third-order valence-electron chi connectivity index (χ3n) is 3.07. The van der Waals surface area contributed by atoms with Gasteiger partial charge in [-0.05, 0) is 31.2 Å². The molecule has 0 radical (unpaired) electrons. The number of nitrogens with one attached hydrogen (secondary N) is 2. The fraction of sp³-hybridized carbons (Fsp3) is 0.500. The average molecular weight is 255 g/mol. The molecule has 1 aromatic rings. The van der Waals surface area contributed by atoms with Crippen molar-refractivity contribution in [3.63, 3.8) is 0 Å². The SMILES string of the molecule is O=C(NCC1CCC(Cl)C1)c1ccc(=O)[nH]c1. The van der Waals surface area contributed by atoms with Gasteiger partial charge in [0.1, 0.15) is 0 Å². The molecule has 0 aliphatic heterocycles. The highest BCUT2D eigenvalue weighted by atomic mass is 35.5. The molecule has 0 saturated heterocycles. The van der Waals surface area contributed by atoms with Crippen LogP contribution in [0.15, 0.2) is 23.1 Å². The molecule has 0 aromatic carbocycles. The summed E-state index contributed by atoms with van der Waals surface area (Å²) in [7, 11) is 0. The summed E-state index contributed by atoms with van der Waals surface area (Å²) < 4.78 is 0. The van der Waals surface area contributed by atoms with Gasteiger partial charge in [0.25, 0.3) is 5.91 Å². The van der Waals surface area contributed by atoms with Gasteiger partial charge < -0.3 is 10.3 Å². The molecule has 2 rings (SSSR count). The number of aromatic amines is 1.